The number of rotatable bonds is 4. The number of aryl methyl sites for hydroxylation is 1. The molecule has 9 nitrogen and oxygen atoms in total. The molecule has 0 aromatic carbocycles. The number of ether oxygens (including phenoxy) is 1. The zero-order valence-electron chi connectivity index (χ0n) is 11.3. The number of halogens is 2. The van der Waals surface area contributed by atoms with Gasteiger partial charge in [-0.2, -0.15) is 0 Å². The first-order chi connectivity index (χ1) is 10.3. The molecule has 0 aliphatic carbocycles. The van der Waals surface area contributed by atoms with E-state index >= 15 is 0 Å². The van der Waals surface area contributed by atoms with Crippen LogP contribution in [0.3, 0.4) is 0 Å². The highest BCUT2D eigenvalue weighted by Crippen LogP contribution is 2.54. The normalized spacial score (nSPS) is 26.0. The number of H-pyrrole nitrogens is 1. The minimum atomic E-state index is -1.77. The molecule has 22 heavy (non-hydrogen) atoms. The number of aliphatic hydroxyl groups excluding tert-OH is 1. The van der Waals surface area contributed by atoms with Gasteiger partial charge in [0.25, 0.3) is 5.56 Å². The first-order valence-corrected chi connectivity index (χ1v) is 9.38. The van der Waals surface area contributed by atoms with Crippen molar-refractivity contribution in [3.63, 3.8) is 0 Å². The van der Waals surface area contributed by atoms with Crippen LogP contribution in [-0.2, 0) is 4.74 Å². The average molecular weight is 368 g/mol. The van der Waals surface area contributed by atoms with Crippen molar-refractivity contribution in [3.8, 4) is 0 Å². The number of aromatic nitrogens is 2. The maximum Gasteiger partial charge on any atom is 0.330 e. The first kappa shape index (κ1) is 17.3. The molecule has 0 radical (unpaired) electrons. The molecule has 2 N–H and O–H groups in total. The summed E-state index contributed by atoms with van der Waals surface area (Å²) in [5, 5.41) is 13.5. The van der Waals surface area contributed by atoms with Crippen LogP contribution in [0.1, 0.15) is 18.2 Å². The predicted octanol–water partition coefficient (Wildman–Crippen LogP) is 1.92. The second-order valence-electron chi connectivity index (χ2n) is 4.71. The Morgan fingerprint density at radius 3 is 2.91 bits per heavy atom. The SMILES string of the molecule is Cc1cn([C@H]2C[C@H](N=[N+]=[N-])[C@@H](C(O)P(Cl)Cl)O2)c(=O)[nH]c1=O. The van der Waals surface area contributed by atoms with Gasteiger partial charge in [0.1, 0.15) is 24.8 Å². The Bertz CT molecular complexity index is 716. The van der Waals surface area contributed by atoms with Crippen LogP contribution in [0.15, 0.2) is 20.9 Å². The lowest BCUT2D eigenvalue weighted by atomic mass is 10.1. The van der Waals surface area contributed by atoms with Gasteiger partial charge in [0.15, 0.2) is 0 Å². The van der Waals surface area contributed by atoms with Gasteiger partial charge >= 0.3 is 5.69 Å². The summed E-state index contributed by atoms with van der Waals surface area (Å²) in [6.07, 6.45) is -0.242. The number of aliphatic hydroxyl groups is 1. The van der Waals surface area contributed by atoms with Crippen LogP contribution in [-0.4, -0.2) is 32.6 Å². The second-order valence-corrected chi connectivity index (χ2v) is 8.47. The van der Waals surface area contributed by atoms with Gasteiger partial charge in [-0.25, -0.2) is 4.79 Å². The third-order valence-corrected chi connectivity index (χ3v) is 5.18. The van der Waals surface area contributed by atoms with Crippen molar-refractivity contribution in [2.24, 2.45) is 5.11 Å². The van der Waals surface area contributed by atoms with E-state index in [2.05, 4.69) is 15.0 Å². The maximum absolute atomic E-state index is 11.9. The zero-order chi connectivity index (χ0) is 16.4. The first-order valence-electron chi connectivity index (χ1n) is 6.15. The van der Waals surface area contributed by atoms with Crippen molar-refractivity contribution >= 4 is 29.1 Å². The Balaban J connectivity index is 2.35. The summed E-state index contributed by atoms with van der Waals surface area (Å²) in [5.41, 5.74) is 7.77. The fraction of sp³-hybridized carbons (Fsp3) is 0.600. The number of hydrogen-bond acceptors (Lipinski definition) is 5. The van der Waals surface area contributed by atoms with Crippen molar-refractivity contribution in [2.75, 3.05) is 0 Å². The van der Waals surface area contributed by atoms with Crippen LogP contribution in [0, 0.1) is 6.92 Å². The lowest BCUT2D eigenvalue weighted by Crippen LogP contribution is -2.34. The summed E-state index contributed by atoms with van der Waals surface area (Å²) in [5.74, 6) is -1.22. The van der Waals surface area contributed by atoms with Crippen molar-refractivity contribution in [2.45, 2.75) is 37.6 Å². The standard InChI is InChI=1S/C10H12Cl2N5O4P/c1-4-3-17(10(20)14-8(4)18)6-2-5(15-16-13)7(21-6)9(19)22(11)12/h3,5-7,9,19H,2H2,1H3,(H,14,18,20)/t5-,6+,7-,9?/m0/s1. The molecule has 1 saturated heterocycles. The molecule has 0 saturated carbocycles. The highest BCUT2D eigenvalue weighted by atomic mass is 35.9. The van der Waals surface area contributed by atoms with E-state index in [-0.39, 0.29) is 6.42 Å². The molecule has 0 spiro atoms. The van der Waals surface area contributed by atoms with E-state index < -0.39 is 42.1 Å². The molecule has 1 aromatic rings. The number of nitrogens with one attached hydrogen (secondary N) is 1. The van der Waals surface area contributed by atoms with Gasteiger partial charge in [-0.15, -0.1) is 0 Å². The molecule has 1 fully saturated rings. The third kappa shape index (κ3) is 3.46. The maximum atomic E-state index is 11.9. The molecule has 2 rings (SSSR count). The van der Waals surface area contributed by atoms with Gasteiger partial charge in [-0.05, 0) is 12.5 Å². The Morgan fingerprint density at radius 2 is 2.32 bits per heavy atom. The Morgan fingerprint density at radius 1 is 1.64 bits per heavy atom. The fourth-order valence-corrected chi connectivity index (χ4v) is 3.36. The smallest absolute Gasteiger partial charge is 0.330 e. The molecular weight excluding hydrogens is 356 g/mol. The number of nitrogens with zero attached hydrogens (tertiary/aromatic N) is 4. The number of aromatic amines is 1. The van der Waals surface area contributed by atoms with E-state index in [1.54, 1.807) is 0 Å². The molecule has 0 bridgehead atoms. The van der Waals surface area contributed by atoms with E-state index in [9.17, 15) is 14.7 Å². The monoisotopic (exact) mass is 367 g/mol. The summed E-state index contributed by atoms with van der Waals surface area (Å²) < 4.78 is 6.76. The van der Waals surface area contributed by atoms with Gasteiger partial charge in [-0.3, -0.25) is 14.3 Å². The summed E-state index contributed by atoms with van der Waals surface area (Å²) in [6.45, 7) is -0.231. The molecule has 2 heterocycles. The van der Waals surface area contributed by atoms with Crippen LogP contribution >= 0.6 is 29.1 Å². The molecule has 1 aliphatic heterocycles. The lowest BCUT2D eigenvalue weighted by molar-refractivity contribution is -0.0379. The molecule has 120 valence electrons. The third-order valence-electron chi connectivity index (χ3n) is 3.29. The molecule has 12 heteroatoms. The highest BCUT2D eigenvalue weighted by Gasteiger charge is 2.42. The average Bonchev–Trinajstić information content (AvgIpc) is 2.86. The summed E-state index contributed by atoms with van der Waals surface area (Å²) in [6, 6.07) is -0.730. The van der Waals surface area contributed by atoms with Crippen molar-refractivity contribution in [1.29, 1.82) is 0 Å². The Kier molecular flexibility index (Phi) is 5.50. The molecule has 1 unspecified atom stereocenters. The quantitative estimate of drug-likeness (QED) is 0.363. The van der Waals surface area contributed by atoms with Gasteiger partial charge in [0.2, 0.25) is 0 Å². The number of hydrogen-bond donors (Lipinski definition) is 2. The van der Waals surface area contributed by atoms with Crippen molar-refractivity contribution in [3.05, 3.63) is 43.0 Å². The molecule has 1 aromatic heterocycles. The van der Waals surface area contributed by atoms with E-state index in [1.807, 2.05) is 0 Å². The van der Waals surface area contributed by atoms with E-state index in [4.69, 9.17) is 32.7 Å². The van der Waals surface area contributed by atoms with Crippen LogP contribution in [0.5, 0.6) is 0 Å². The fourth-order valence-electron chi connectivity index (χ4n) is 2.21. The molecule has 4 atom stereocenters. The zero-order valence-corrected chi connectivity index (χ0v) is 13.7. The van der Waals surface area contributed by atoms with E-state index in [0.717, 1.165) is 0 Å². The van der Waals surface area contributed by atoms with Gasteiger partial charge in [0.05, 0.1) is 6.04 Å². The molecular formula is C10H12Cl2N5O4P. The topological polar surface area (TPSA) is 133 Å². The Hall–Kier alpha value is -1.08. The summed E-state index contributed by atoms with van der Waals surface area (Å²) in [7, 11) is 0. The van der Waals surface area contributed by atoms with Crippen LogP contribution < -0.4 is 11.2 Å². The van der Waals surface area contributed by atoms with Gasteiger partial charge in [-0.1, -0.05) is 27.6 Å². The largest absolute Gasteiger partial charge is 0.383 e. The van der Waals surface area contributed by atoms with Gasteiger partial charge in [0, 0.05) is 23.1 Å². The van der Waals surface area contributed by atoms with E-state index in [1.165, 1.54) is 17.7 Å². The second kappa shape index (κ2) is 7.00. The minimum Gasteiger partial charge on any atom is -0.383 e. The predicted molar refractivity (Wildman–Crippen MR) is 82.2 cm³/mol. The number of azide groups is 1. The van der Waals surface area contributed by atoms with Crippen molar-refractivity contribution in [1.82, 2.24) is 9.55 Å². The molecule has 0 amide bonds. The minimum absolute atomic E-state index is 0.147. The lowest BCUT2D eigenvalue weighted by Gasteiger charge is -2.22. The summed E-state index contributed by atoms with van der Waals surface area (Å²) >= 11 is 11.4. The van der Waals surface area contributed by atoms with Crippen molar-refractivity contribution < 1.29 is 9.84 Å². The van der Waals surface area contributed by atoms with Crippen LogP contribution in [0.4, 0.5) is 0 Å². The van der Waals surface area contributed by atoms with Crippen LogP contribution in [0.2, 0.25) is 0 Å². The van der Waals surface area contributed by atoms with Crippen LogP contribution in [0.25, 0.3) is 10.4 Å². The highest BCUT2D eigenvalue weighted by molar-refractivity contribution is 8.04. The van der Waals surface area contributed by atoms with Gasteiger partial charge < -0.3 is 9.84 Å². The molecule has 1 aliphatic rings. The summed E-state index contributed by atoms with van der Waals surface area (Å²) in [4.78, 5) is 28.1. The Labute approximate surface area is 134 Å². The van der Waals surface area contributed by atoms with E-state index in [0.29, 0.717) is 5.56 Å².